The number of hydrogen-bond donors (Lipinski definition) is 1. The molecule has 3 rings (SSSR count). The Morgan fingerprint density at radius 3 is 2.56 bits per heavy atom. The zero-order valence-electron chi connectivity index (χ0n) is 14.5. The van der Waals surface area contributed by atoms with E-state index in [0.29, 0.717) is 19.5 Å². The number of amides is 1. The topological polar surface area (TPSA) is 64.8 Å². The molecule has 0 aromatic heterocycles. The summed E-state index contributed by atoms with van der Waals surface area (Å²) in [7, 11) is 0. The van der Waals surface area contributed by atoms with Crippen molar-refractivity contribution in [2.75, 3.05) is 25.4 Å². The van der Waals surface area contributed by atoms with Gasteiger partial charge in [-0.25, -0.2) is 13.2 Å². The number of ether oxygens (including phenoxy) is 2. The van der Waals surface area contributed by atoms with Crippen LogP contribution in [0.1, 0.15) is 18.4 Å². The summed E-state index contributed by atoms with van der Waals surface area (Å²) < 4.78 is 52.0. The number of carbonyl (C=O) groups excluding carboxylic acids is 1. The summed E-state index contributed by atoms with van der Waals surface area (Å²) in [4.78, 5) is 13.3. The van der Waals surface area contributed by atoms with Crippen LogP contribution in [0.4, 0.5) is 18.9 Å². The van der Waals surface area contributed by atoms with Crippen molar-refractivity contribution < 1.29 is 27.4 Å². The molecule has 0 atom stereocenters. The molecule has 2 aromatic carbocycles. The van der Waals surface area contributed by atoms with E-state index in [0.717, 1.165) is 18.6 Å². The Morgan fingerprint density at radius 2 is 1.85 bits per heavy atom. The molecular formula is C19H19F3N2O3. The normalized spacial score (nSPS) is 13.9. The van der Waals surface area contributed by atoms with Gasteiger partial charge in [0, 0.05) is 19.0 Å². The number of anilines is 1. The number of likely N-dealkylation sites (tertiary alicyclic amines) is 1. The van der Waals surface area contributed by atoms with Crippen molar-refractivity contribution in [2.45, 2.75) is 19.4 Å². The van der Waals surface area contributed by atoms with Gasteiger partial charge in [0.05, 0.1) is 17.8 Å². The monoisotopic (exact) mass is 380 g/mol. The standard InChI is InChI=1S/C19H19F3N2O3/c20-14-4-3-12(10-16(14)23)27-11-13-17(6-5-15(21)19(13)22)26-9-8-24-7-1-2-18(24)25/h3-6,10H,1-2,7-9,11,23H2. The summed E-state index contributed by atoms with van der Waals surface area (Å²) in [5.74, 6) is -2.32. The van der Waals surface area contributed by atoms with Crippen molar-refractivity contribution in [1.29, 1.82) is 0 Å². The van der Waals surface area contributed by atoms with Crippen LogP contribution in [0.25, 0.3) is 0 Å². The third kappa shape index (κ3) is 4.45. The van der Waals surface area contributed by atoms with Gasteiger partial charge in [-0.1, -0.05) is 0 Å². The van der Waals surface area contributed by atoms with Crippen LogP contribution in [0.3, 0.4) is 0 Å². The summed E-state index contributed by atoms with van der Waals surface area (Å²) in [5.41, 5.74) is 5.25. The molecule has 2 N–H and O–H groups in total. The second-order valence-corrected chi connectivity index (χ2v) is 6.14. The largest absolute Gasteiger partial charge is 0.491 e. The zero-order chi connectivity index (χ0) is 19.4. The molecule has 1 aliphatic rings. The van der Waals surface area contributed by atoms with Gasteiger partial charge < -0.3 is 20.1 Å². The number of nitrogens with zero attached hydrogens (tertiary/aromatic N) is 1. The van der Waals surface area contributed by atoms with Crippen LogP contribution in [0, 0.1) is 17.5 Å². The minimum Gasteiger partial charge on any atom is -0.491 e. The summed E-state index contributed by atoms with van der Waals surface area (Å²) in [6, 6.07) is 5.98. The lowest BCUT2D eigenvalue weighted by molar-refractivity contribution is -0.128. The average Bonchev–Trinajstić information content (AvgIpc) is 3.05. The van der Waals surface area contributed by atoms with Crippen molar-refractivity contribution in [1.82, 2.24) is 4.90 Å². The van der Waals surface area contributed by atoms with Gasteiger partial charge in [-0.2, -0.15) is 0 Å². The predicted molar refractivity (Wildman–Crippen MR) is 92.8 cm³/mol. The Kier molecular flexibility index (Phi) is 5.73. The van der Waals surface area contributed by atoms with Crippen LogP contribution in [0.2, 0.25) is 0 Å². The van der Waals surface area contributed by atoms with Gasteiger partial charge >= 0.3 is 0 Å². The molecule has 0 aliphatic carbocycles. The SMILES string of the molecule is Nc1cc(OCc2c(OCCN3CCCC3=O)ccc(F)c2F)ccc1F. The molecule has 0 unspecified atom stereocenters. The highest BCUT2D eigenvalue weighted by Gasteiger charge is 2.20. The van der Waals surface area contributed by atoms with Crippen molar-refractivity contribution in [3.05, 3.63) is 53.3 Å². The minimum atomic E-state index is -1.08. The lowest BCUT2D eigenvalue weighted by Crippen LogP contribution is -2.29. The van der Waals surface area contributed by atoms with E-state index in [2.05, 4.69) is 0 Å². The number of nitrogens with two attached hydrogens (primary N) is 1. The third-order valence-corrected chi connectivity index (χ3v) is 4.29. The number of hydrogen-bond acceptors (Lipinski definition) is 4. The highest BCUT2D eigenvalue weighted by Crippen LogP contribution is 2.27. The third-order valence-electron chi connectivity index (χ3n) is 4.29. The average molecular weight is 380 g/mol. The van der Waals surface area contributed by atoms with Gasteiger partial charge in [0.15, 0.2) is 11.6 Å². The molecule has 1 saturated heterocycles. The molecule has 2 aromatic rings. The maximum Gasteiger partial charge on any atom is 0.222 e. The van der Waals surface area contributed by atoms with Crippen molar-refractivity contribution >= 4 is 11.6 Å². The molecule has 1 fully saturated rings. The molecule has 27 heavy (non-hydrogen) atoms. The van der Waals surface area contributed by atoms with Crippen LogP contribution < -0.4 is 15.2 Å². The minimum absolute atomic E-state index is 0.0568. The number of benzene rings is 2. The number of nitrogen functional groups attached to an aromatic ring is 1. The Labute approximate surface area is 154 Å². The summed E-state index contributed by atoms with van der Waals surface area (Å²) in [5, 5.41) is 0. The molecule has 1 amide bonds. The summed E-state index contributed by atoms with van der Waals surface area (Å²) in [6.45, 7) is 0.856. The molecule has 0 radical (unpaired) electrons. The van der Waals surface area contributed by atoms with Crippen LogP contribution in [0.15, 0.2) is 30.3 Å². The van der Waals surface area contributed by atoms with Crippen LogP contribution in [0.5, 0.6) is 11.5 Å². The molecule has 0 saturated carbocycles. The zero-order valence-corrected chi connectivity index (χ0v) is 14.5. The first-order chi connectivity index (χ1) is 13.0. The molecule has 5 nitrogen and oxygen atoms in total. The van der Waals surface area contributed by atoms with Crippen LogP contribution >= 0.6 is 0 Å². The molecule has 144 valence electrons. The van der Waals surface area contributed by atoms with E-state index < -0.39 is 17.5 Å². The van der Waals surface area contributed by atoms with Crippen molar-refractivity contribution in [3.63, 3.8) is 0 Å². The van der Waals surface area contributed by atoms with Gasteiger partial charge in [-0.15, -0.1) is 0 Å². The Bertz CT molecular complexity index is 845. The van der Waals surface area contributed by atoms with Gasteiger partial charge in [-0.05, 0) is 30.7 Å². The van der Waals surface area contributed by atoms with Crippen molar-refractivity contribution in [2.24, 2.45) is 0 Å². The quantitative estimate of drug-likeness (QED) is 0.749. The summed E-state index contributed by atoms with van der Waals surface area (Å²) in [6.07, 6.45) is 1.33. The van der Waals surface area contributed by atoms with Crippen LogP contribution in [-0.2, 0) is 11.4 Å². The van der Waals surface area contributed by atoms with Crippen LogP contribution in [-0.4, -0.2) is 30.5 Å². The second kappa shape index (κ2) is 8.20. The highest BCUT2D eigenvalue weighted by molar-refractivity contribution is 5.78. The van der Waals surface area contributed by atoms with E-state index in [1.54, 1.807) is 4.90 Å². The lowest BCUT2D eigenvalue weighted by atomic mass is 10.2. The first kappa shape index (κ1) is 18.9. The van der Waals surface area contributed by atoms with E-state index in [-0.39, 0.29) is 41.9 Å². The highest BCUT2D eigenvalue weighted by atomic mass is 19.2. The van der Waals surface area contributed by atoms with E-state index in [1.165, 1.54) is 18.2 Å². The van der Waals surface area contributed by atoms with E-state index in [9.17, 15) is 18.0 Å². The summed E-state index contributed by atoms with van der Waals surface area (Å²) >= 11 is 0. The maximum absolute atomic E-state index is 14.2. The lowest BCUT2D eigenvalue weighted by Gasteiger charge is -2.18. The molecular weight excluding hydrogens is 361 g/mol. The first-order valence-corrected chi connectivity index (χ1v) is 8.51. The molecule has 8 heteroatoms. The molecule has 1 heterocycles. The first-order valence-electron chi connectivity index (χ1n) is 8.51. The predicted octanol–water partition coefficient (Wildman–Crippen LogP) is 3.27. The van der Waals surface area contributed by atoms with Gasteiger partial charge in [0.25, 0.3) is 0 Å². The second-order valence-electron chi connectivity index (χ2n) is 6.14. The maximum atomic E-state index is 14.2. The molecule has 1 aliphatic heterocycles. The smallest absolute Gasteiger partial charge is 0.222 e. The van der Waals surface area contributed by atoms with Gasteiger partial charge in [0.1, 0.15) is 30.5 Å². The fraction of sp³-hybridized carbons (Fsp3) is 0.316. The van der Waals surface area contributed by atoms with Gasteiger partial charge in [-0.3, -0.25) is 4.79 Å². The molecule has 0 spiro atoms. The number of rotatable bonds is 7. The van der Waals surface area contributed by atoms with E-state index in [1.807, 2.05) is 0 Å². The number of halogens is 3. The Morgan fingerprint density at radius 1 is 1.07 bits per heavy atom. The van der Waals surface area contributed by atoms with Crippen molar-refractivity contribution in [3.8, 4) is 11.5 Å². The van der Waals surface area contributed by atoms with E-state index in [4.69, 9.17) is 15.2 Å². The Hall–Kier alpha value is -2.90. The van der Waals surface area contributed by atoms with E-state index >= 15 is 0 Å². The fourth-order valence-corrected chi connectivity index (χ4v) is 2.82. The van der Waals surface area contributed by atoms with Gasteiger partial charge in [0.2, 0.25) is 5.91 Å². The number of carbonyl (C=O) groups is 1. The Balaban J connectivity index is 1.68. The fourth-order valence-electron chi connectivity index (χ4n) is 2.82. The molecule has 0 bridgehead atoms.